The number of para-hydroxylation sites is 2. The number of nitrogens with one attached hydrogen (secondary N) is 1. The van der Waals surface area contributed by atoms with E-state index in [9.17, 15) is 4.79 Å². The smallest absolute Gasteiger partial charge is 0.618 e. The first-order valence-electron chi connectivity index (χ1n) is 16.0. The predicted molar refractivity (Wildman–Crippen MR) is 170 cm³/mol. The Kier molecular flexibility index (Phi) is 5.59. The third kappa shape index (κ3) is 3.87. The van der Waals surface area contributed by atoms with Gasteiger partial charge in [0.1, 0.15) is 11.5 Å². The molecule has 4 aliphatic carbocycles. The molecular formula is C37H35BN2O4. The number of ether oxygens (including phenoxy) is 1. The van der Waals surface area contributed by atoms with E-state index in [4.69, 9.17) is 14.0 Å². The molecule has 2 heterocycles. The number of rotatable bonds is 5. The predicted octanol–water partition coefficient (Wildman–Crippen LogP) is 6.21. The summed E-state index contributed by atoms with van der Waals surface area (Å²) in [4.78, 5) is 13.7. The number of methoxy groups -OCH3 is 1. The maximum absolute atomic E-state index is 13.7. The first-order chi connectivity index (χ1) is 21.5. The van der Waals surface area contributed by atoms with Gasteiger partial charge in [0, 0.05) is 28.8 Å². The van der Waals surface area contributed by atoms with Crippen molar-refractivity contribution in [3.05, 3.63) is 114 Å². The molecule has 220 valence electrons. The Morgan fingerprint density at radius 2 is 1.48 bits per heavy atom. The molecule has 1 unspecified atom stereocenters. The summed E-state index contributed by atoms with van der Waals surface area (Å²) in [5.41, 5.74) is 5.45. The SMILES string of the molecule is COc1ccc2c(c1)O[B-]1(c3ccc(C(=O)NC45CC6CC(CC(C6)C4)C5)cc3)Oc3ccccc3[N+]1=C2c1ccccc1. The maximum Gasteiger partial charge on any atom is 0.685 e. The van der Waals surface area contributed by atoms with Gasteiger partial charge in [-0.25, -0.2) is 0 Å². The second kappa shape index (κ2) is 9.49. The third-order valence-corrected chi connectivity index (χ3v) is 10.8. The lowest BCUT2D eigenvalue weighted by atomic mass is 9.53. The van der Waals surface area contributed by atoms with Crippen molar-refractivity contribution in [2.24, 2.45) is 17.8 Å². The fraction of sp³-hybridized carbons (Fsp3) is 0.297. The van der Waals surface area contributed by atoms with E-state index in [-0.39, 0.29) is 11.4 Å². The number of carbonyl (C=O) groups excluding carboxylic acids is 1. The highest BCUT2D eigenvalue weighted by atomic mass is 16.6. The van der Waals surface area contributed by atoms with Gasteiger partial charge in [-0.1, -0.05) is 54.6 Å². The van der Waals surface area contributed by atoms with Gasteiger partial charge < -0.3 is 23.8 Å². The van der Waals surface area contributed by atoms with Crippen LogP contribution >= 0.6 is 0 Å². The topological polar surface area (TPSA) is 59.8 Å². The summed E-state index contributed by atoms with van der Waals surface area (Å²) < 4.78 is 21.6. The van der Waals surface area contributed by atoms with Gasteiger partial charge in [-0.2, -0.15) is 0 Å². The van der Waals surface area contributed by atoms with Crippen LogP contribution in [-0.2, 0) is 0 Å². The monoisotopic (exact) mass is 582 g/mol. The first-order valence-corrected chi connectivity index (χ1v) is 16.0. The van der Waals surface area contributed by atoms with Gasteiger partial charge in [-0.05, 0) is 92.1 Å². The fourth-order valence-electron chi connectivity index (χ4n) is 9.39. The number of amides is 1. The molecule has 4 saturated carbocycles. The molecule has 4 fully saturated rings. The molecule has 1 N–H and O–H groups in total. The Labute approximate surface area is 257 Å². The van der Waals surface area contributed by atoms with Gasteiger partial charge >= 0.3 is 6.69 Å². The van der Waals surface area contributed by atoms with Crippen molar-refractivity contribution in [3.8, 4) is 17.2 Å². The van der Waals surface area contributed by atoms with E-state index in [1.807, 2.05) is 60.7 Å². The second-order valence-electron chi connectivity index (χ2n) is 13.6. The summed E-state index contributed by atoms with van der Waals surface area (Å²) >= 11 is 0. The molecule has 44 heavy (non-hydrogen) atoms. The lowest BCUT2D eigenvalue weighted by Gasteiger charge is -2.56. The van der Waals surface area contributed by atoms with E-state index >= 15 is 0 Å². The zero-order valence-corrected chi connectivity index (χ0v) is 24.9. The van der Waals surface area contributed by atoms with Crippen LogP contribution in [0.25, 0.3) is 0 Å². The van der Waals surface area contributed by atoms with Gasteiger partial charge in [0.15, 0.2) is 11.4 Å². The molecular weight excluding hydrogens is 547 g/mol. The quantitative estimate of drug-likeness (QED) is 0.285. The number of fused-ring (bicyclic) bond motifs is 4. The van der Waals surface area contributed by atoms with Crippen molar-refractivity contribution in [3.63, 3.8) is 0 Å². The molecule has 10 rings (SSSR count). The molecule has 0 spiro atoms. The second-order valence-corrected chi connectivity index (χ2v) is 13.6. The van der Waals surface area contributed by atoms with Crippen LogP contribution in [0.5, 0.6) is 17.2 Å². The van der Waals surface area contributed by atoms with E-state index < -0.39 is 6.69 Å². The Balaban J connectivity index is 1.14. The lowest BCUT2D eigenvalue weighted by molar-refractivity contribution is -0.317. The first kappa shape index (κ1) is 25.9. The molecule has 4 aromatic rings. The summed E-state index contributed by atoms with van der Waals surface area (Å²) in [5.74, 6) is 4.50. The van der Waals surface area contributed by atoms with Gasteiger partial charge in [0.2, 0.25) is 0 Å². The van der Waals surface area contributed by atoms with Crippen LogP contribution in [0.2, 0.25) is 0 Å². The lowest BCUT2D eigenvalue weighted by Crippen LogP contribution is -2.67. The van der Waals surface area contributed by atoms with E-state index in [1.54, 1.807) is 7.11 Å². The van der Waals surface area contributed by atoms with Crippen LogP contribution in [0.15, 0.2) is 97.1 Å². The average Bonchev–Trinajstić information content (AvgIpc) is 3.38. The Bertz CT molecular complexity index is 1800. The molecule has 0 aromatic heterocycles. The third-order valence-electron chi connectivity index (χ3n) is 10.8. The van der Waals surface area contributed by atoms with E-state index in [2.05, 4.69) is 46.2 Å². The van der Waals surface area contributed by atoms with E-state index in [1.165, 1.54) is 19.3 Å². The Hall–Kier alpha value is -4.52. The summed E-state index contributed by atoms with van der Waals surface area (Å²) in [7, 11) is 1.66. The number of nitrogens with zero attached hydrogens (tertiary/aromatic N) is 1. The molecule has 2 aliphatic heterocycles. The van der Waals surface area contributed by atoms with Crippen molar-refractivity contribution in [1.29, 1.82) is 0 Å². The van der Waals surface area contributed by atoms with Crippen LogP contribution in [-0.4, -0.2) is 35.4 Å². The van der Waals surface area contributed by atoms with Crippen molar-refractivity contribution in [2.75, 3.05) is 7.11 Å². The highest BCUT2D eigenvalue weighted by Crippen LogP contribution is 2.55. The normalized spacial score (nSPS) is 28.8. The van der Waals surface area contributed by atoms with Crippen LogP contribution in [0.4, 0.5) is 5.69 Å². The van der Waals surface area contributed by atoms with Crippen molar-refractivity contribution >= 4 is 29.5 Å². The van der Waals surface area contributed by atoms with Crippen molar-refractivity contribution in [2.45, 2.75) is 44.1 Å². The standard InChI is InChI=1S/C37H35BN2O4/c1-42-30-15-16-31-34(20-30)44-38(40(32-9-5-6-10-33(32)43-38)35(31)27-7-3-2-4-8-27)29-13-11-28(12-14-29)36(41)39-37-21-24-17-25(22-37)19-26(18-24)23-37/h2-16,20,24-26H,17-19,21-23H2,1H3,(H,39,41). The summed E-state index contributed by atoms with van der Waals surface area (Å²) in [5, 5.41) is 3.53. The molecule has 1 atom stereocenters. The molecule has 6 aliphatic rings. The Morgan fingerprint density at radius 3 is 2.18 bits per heavy atom. The molecule has 6 nitrogen and oxygen atoms in total. The van der Waals surface area contributed by atoms with Crippen molar-refractivity contribution in [1.82, 2.24) is 5.32 Å². The summed E-state index contributed by atoms with van der Waals surface area (Å²) in [6.07, 6.45) is 7.44. The molecule has 0 saturated heterocycles. The number of hydrogen-bond donors (Lipinski definition) is 1. The minimum absolute atomic E-state index is 0.0205. The van der Waals surface area contributed by atoms with Gasteiger partial charge in [-0.15, -0.1) is 0 Å². The number of carbonyl (C=O) groups is 1. The minimum Gasteiger partial charge on any atom is -0.618 e. The van der Waals surface area contributed by atoms with Gasteiger partial charge in [-0.3, -0.25) is 4.79 Å². The molecule has 7 heteroatoms. The molecule has 1 amide bonds. The highest BCUT2D eigenvalue weighted by molar-refractivity contribution is 6.77. The summed E-state index contributed by atoms with van der Waals surface area (Å²) in [6.45, 7) is -2.24. The fourth-order valence-corrected chi connectivity index (χ4v) is 9.39. The van der Waals surface area contributed by atoms with E-state index in [0.717, 1.165) is 70.8 Å². The molecule has 0 radical (unpaired) electrons. The maximum atomic E-state index is 13.7. The zero-order chi connectivity index (χ0) is 29.5. The summed E-state index contributed by atoms with van der Waals surface area (Å²) in [6, 6.07) is 32.2. The average molecular weight is 583 g/mol. The van der Waals surface area contributed by atoms with Gasteiger partial charge in [0.25, 0.3) is 5.91 Å². The molecule has 4 aromatic carbocycles. The largest absolute Gasteiger partial charge is 0.685 e. The van der Waals surface area contributed by atoms with E-state index in [0.29, 0.717) is 17.1 Å². The van der Waals surface area contributed by atoms with Gasteiger partial charge in [0.05, 0.1) is 18.4 Å². The molecule has 4 bridgehead atoms. The van der Waals surface area contributed by atoms with Crippen LogP contribution in [0.1, 0.15) is 60.0 Å². The number of benzene rings is 4. The zero-order valence-electron chi connectivity index (χ0n) is 24.9. The van der Waals surface area contributed by atoms with Crippen LogP contribution < -0.4 is 24.8 Å². The van der Waals surface area contributed by atoms with Crippen LogP contribution in [0.3, 0.4) is 0 Å². The minimum atomic E-state index is -2.24. The highest BCUT2D eigenvalue weighted by Gasteiger charge is 2.59. The van der Waals surface area contributed by atoms with Crippen LogP contribution in [0, 0.1) is 17.8 Å². The van der Waals surface area contributed by atoms with Crippen molar-refractivity contribution < 1.29 is 23.3 Å². The number of hydrogen-bond acceptors (Lipinski definition) is 4. The Morgan fingerprint density at radius 1 is 0.818 bits per heavy atom.